The normalized spacial score (nSPS) is 17.0. The van der Waals surface area contributed by atoms with Crippen LogP contribution in [0.5, 0.6) is 0 Å². The third-order valence-corrected chi connectivity index (χ3v) is 3.25. The second-order valence-electron chi connectivity index (χ2n) is 5.09. The molecule has 1 heterocycles. The third-order valence-electron chi connectivity index (χ3n) is 3.25. The first-order chi connectivity index (χ1) is 8.57. The summed E-state index contributed by atoms with van der Waals surface area (Å²) in [5.74, 6) is -0.00293. The van der Waals surface area contributed by atoms with E-state index in [-0.39, 0.29) is 5.91 Å². The number of aliphatic hydroxyl groups is 1. The molecule has 0 saturated carbocycles. The van der Waals surface area contributed by atoms with Crippen LogP contribution in [-0.4, -0.2) is 36.2 Å². The largest absolute Gasteiger partial charge is 0.385 e. The van der Waals surface area contributed by atoms with Gasteiger partial charge in [0, 0.05) is 26.1 Å². The van der Waals surface area contributed by atoms with Gasteiger partial charge >= 0.3 is 0 Å². The zero-order valence-electron chi connectivity index (χ0n) is 10.7. The number of carbonyl (C=O) groups excluding carboxylic acids is 1. The molecule has 1 aromatic rings. The minimum absolute atomic E-state index is 0.00293. The molecule has 2 rings (SSSR count). The number of nitrogens with one attached hydrogen (secondary N) is 2. The van der Waals surface area contributed by atoms with Crippen molar-refractivity contribution in [1.82, 2.24) is 10.6 Å². The molecule has 1 saturated heterocycles. The highest BCUT2D eigenvalue weighted by atomic mass is 16.3. The van der Waals surface area contributed by atoms with Gasteiger partial charge in [0.15, 0.2) is 0 Å². The summed E-state index contributed by atoms with van der Waals surface area (Å²) in [5.41, 5.74) is 1.65. The van der Waals surface area contributed by atoms with Crippen LogP contribution in [0.15, 0.2) is 24.3 Å². The Bertz CT molecular complexity index is 428. The Balaban J connectivity index is 1.71. The standard InChI is InChI=1S/C14H20N2O2/c1-11-3-2-4-12(7-11)5-6-13(17)16-10-14(18)8-15-9-14/h2-4,7,15,18H,5-6,8-10H2,1H3,(H,16,17). The lowest BCUT2D eigenvalue weighted by Gasteiger charge is -2.37. The molecule has 0 unspecified atom stereocenters. The number of rotatable bonds is 5. The van der Waals surface area contributed by atoms with Crippen molar-refractivity contribution in [3.63, 3.8) is 0 Å². The molecule has 1 aromatic carbocycles. The van der Waals surface area contributed by atoms with E-state index < -0.39 is 5.60 Å². The van der Waals surface area contributed by atoms with E-state index >= 15 is 0 Å². The average molecular weight is 248 g/mol. The molecule has 1 aliphatic heterocycles. The predicted octanol–water partition coefficient (Wildman–Crippen LogP) is 0.378. The van der Waals surface area contributed by atoms with E-state index in [0.717, 1.165) is 6.42 Å². The highest BCUT2D eigenvalue weighted by Crippen LogP contribution is 2.09. The van der Waals surface area contributed by atoms with Gasteiger partial charge in [-0.15, -0.1) is 0 Å². The SMILES string of the molecule is Cc1cccc(CCC(=O)NCC2(O)CNC2)c1. The molecule has 4 nitrogen and oxygen atoms in total. The van der Waals surface area contributed by atoms with Crippen LogP contribution in [0.2, 0.25) is 0 Å². The first-order valence-electron chi connectivity index (χ1n) is 6.33. The van der Waals surface area contributed by atoms with Gasteiger partial charge in [-0.2, -0.15) is 0 Å². The van der Waals surface area contributed by atoms with Crippen molar-refractivity contribution in [2.24, 2.45) is 0 Å². The molecule has 0 bridgehead atoms. The Morgan fingerprint density at radius 1 is 1.50 bits per heavy atom. The van der Waals surface area contributed by atoms with Gasteiger partial charge in [0.1, 0.15) is 5.60 Å². The van der Waals surface area contributed by atoms with Gasteiger partial charge in [-0.25, -0.2) is 0 Å². The lowest BCUT2D eigenvalue weighted by Crippen LogP contribution is -2.64. The van der Waals surface area contributed by atoms with Crippen LogP contribution >= 0.6 is 0 Å². The smallest absolute Gasteiger partial charge is 0.220 e. The van der Waals surface area contributed by atoms with E-state index in [1.165, 1.54) is 11.1 Å². The van der Waals surface area contributed by atoms with Gasteiger partial charge < -0.3 is 15.7 Å². The Labute approximate surface area is 107 Å². The molecule has 1 aliphatic rings. The van der Waals surface area contributed by atoms with E-state index in [0.29, 0.717) is 26.1 Å². The van der Waals surface area contributed by atoms with Crippen LogP contribution in [0.25, 0.3) is 0 Å². The van der Waals surface area contributed by atoms with Crippen LogP contribution < -0.4 is 10.6 Å². The van der Waals surface area contributed by atoms with Crippen molar-refractivity contribution < 1.29 is 9.90 Å². The molecule has 1 amide bonds. The molecule has 0 atom stereocenters. The van der Waals surface area contributed by atoms with Crippen molar-refractivity contribution in [2.45, 2.75) is 25.4 Å². The molecule has 4 heteroatoms. The quantitative estimate of drug-likeness (QED) is 0.706. The molecule has 0 spiro atoms. The first kappa shape index (κ1) is 13.1. The molecule has 0 radical (unpaired) electrons. The van der Waals surface area contributed by atoms with Crippen LogP contribution in [0.1, 0.15) is 17.5 Å². The monoisotopic (exact) mass is 248 g/mol. The number of β-amino-alcohol motifs (C(OH)–C–C–N with tert-alkyl or cyclic N) is 1. The summed E-state index contributed by atoms with van der Waals surface area (Å²) < 4.78 is 0. The number of benzene rings is 1. The van der Waals surface area contributed by atoms with Crippen molar-refractivity contribution >= 4 is 5.91 Å². The van der Waals surface area contributed by atoms with Gasteiger partial charge in [0.2, 0.25) is 5.91 Å². The summed E-state index contributed by atoms with van der Waals surface area (Å²) in [4.78, 5) is 11.6. The zero-order valence-corrected chi connectivity index (χ0v) is 10.7. The molecule has 0 aliphatic carbocycles. The maximum atomic E-state index is 11.6. The second-order valence-corrected chi connectivity index (χ2v) is 5.09. The van der Waals surface area contributed by atoms with Crippen molar-refractivity contribution in [3.05, 3.63) is 35.4 Å². The van der Waals surface area contributed by atoms with Gasteiger partial charge in [0.25, 0.3) is 0 Å². The van der Waals surface area contributed by atoms with Gasteiger partial charge in [-0.1, -0.05) is 29.8 Å². The molecule has 1 fully saturated rings. The number of carbonyl (C=O) groups is 1. The molecule has 98 valence electrons. The van der Waals surface area contributed by atoms with Gasteiger partial charge in [-0.05, 0) is 18.9 Å². The van der Waals surface area contributed by atoms with E-state index in [1.54, 1.807) is 0 Å². The van der Waals surface area contributed by atoms with Crippen molar-refractivity contribution in [1.29, 1.82) is 0 Å². The number of hydrogen-bond donors (Lipinski definition) is 3. The lowest BCUT2D eigenvalue weighted by molar-refractivity contribution is -0.122. The number of hydrogen-bond acceptors (Lipinski definition) is 3. The number of aryl methyl sites for hydroxylation is 2. The number of amides is 1. The summed E-state index contributed by atoms with van der Waals surface area (Å²) >= 11 is 0. The summed E-state index contributed by atoms with van der Waals surface area (Å²) in [5, 5.41) is 15.6. The third kappa shape index (κ3) is 3.55. The average Bonchev–Trinajstić information content (AvgIpc) is 2.31. The second kappa shape index (κ2) is 5.50. The molecule has 0 aromatic heterocycles. The van der Waals surface area contributed by atoms with E-state index in [4.69, 9.17) is 0 Å². The Morgan fingerprint density at radius 2 is 2.28 bits per heavy atom. The molecule has 18 heavy (non-hydrogen) atoms. The fourth-order valence-electron chi connectivity index (χ4n) is 2.02. The Morgan fingerprint density at radius 3 is 2.89 bits per heavy atom. The maximum Gasteiger partial charge on any atom is 0.220 e. The van der Waals surface area contributed by atoms with Crippen LogP contribution in [0.4, 0.5) is 0 Å². The van der Waals surface area contributed by atoms with Crippen LogP contribution in [-0.2, 0) is 11.2 Å². The fraction of sp³-hybridized carbons (Fsp3) is 0.500. The lowest BCUT2D eigenvalue weighted by atomic mass is 9.97. The van der Waals surface area contributed by atoms with Crippen LogP contribution in [0, 0.1) is 6.92 Å². The highest BCUT2D eigenvalue weighted by molar-refractivity contribution is 5.76. The molecular formula is C14H20N2O2. The minimum atomic E-state index is -0.737. The summed E-state index contributed by atoms with van der Waals surface area (Å²) in [6, 6.07) is 8.17. The zero-order chi connectivity index (χ0) is 13.0. The molecular weight excluding hydrogens is 228 g/mol. The summed E-state index contributed by atoms with van der Waals surface area (Å²) in [7, 11) is 0. The maximum absolute atomic E-state index is 11.6. The Kier molecular flexibility index (Phi) is 3.99. The van der Waals surface area contributed by atoms with Gasteiger partial charge in [-0.3, -0.25) is 4.79 Å². The van der Waals surface area contributed by atoms with Gasteiger partial charge in [0.05, 0.1) is 0 Å². The van der Waals surface area contributed by atoms with E-state index in [2.05, 4.69) is 16.7 Å². The predicted molar refractivity (Wildman–Crippen MR) is 70.3 cm³/mol. The first-order valence-corrected chi connectivity index (χ1v) is 6.33. The minimum Gasteiger partial charge on any atom is -0.385 e. The summed E-state index contributed by atoms with van der Waals surface area (Å²) in [6.07, 6.45) is 1.21. The topological polar surface area (TPSA) is 61.4 Å². The highest BCUT2D eigenvalue weighted by Gasteiger charge is 2.34. The van der Waals surface area contributed by atoms with Crippen molar-refractivity contribution in [3.8, 4) is 0 Å². The van der Waals surface area contributed by atoms with E-state index in [1.807, 2.05) is 25.1 Å². The Hall–Kier alpha value is -1.39. The van der Waals surface area contributed by atoms with E-state index in [9.17, 15) is 9.90 Å². The van der Waals surface area contributed by atoms with Crippen LogP contribution in [0.3, 0.4) is 0 Å². The summed E-state index contributed by atoms with van der Waals surface area (Å²) in [6.45, 7) is 3.51. The molecule has 3 N–H and O–H groups in total. The van der Waals surface area contributed by atoms with Crippen molar-refractivity contribution in [2.75, 3.05) is 19.6 Å². The fourth-order valence-corrected chi connectivity index (χ4v) is 2.02.